The normalized spacial score (nSPS) is 44.0. The lowest BCUT2D eigenvalue weighted by molar-refractivity contribution is -0.186. The fraction of sp³-hybridized carbons (Fsp3) is 0.615. The van der Waals surface area contributed by atoms with Gasteiger partial charge in [-0.15, -0.1) is 0 Å². The first-order valence-electron chi connectivity index (χ1n) is 11.2. The Labute approximate surface area is 193 Å². The molecule has 7 nitrogen and oxygen atoms in total. The van der Waals surface area contributed by atoms with Gasteiger partial charge in [0.1, 0.15) is 5.60 Å². The first-order chi connectivity index (χ1) is 15.0. The van der Waals surface area contributed by atoms with Crippen LogP contribution < -0.4 is 0 Å². The van der Waals surface area contributed by atoms with Crippen LogP contribution in [0, 0.1) is 21.7 Å². The SMILES string of the molecule is C=C1C2(C)CC3=C(C)C4(C=CC(=O)OC4(C)C)CCC3(C)C1(C(=O)OC)C(=O)C(C)(O)C2=O. The first kappa shape index (κ1) is 23.6. The lowest BCUT2D eigenvalue weighted by atomic mass is 9.36. The van der Waals surface area contributed by atoms with Gasteiger partial charge in [-0.25, -0.2) is 4.79 Å². The van der Waals surface area contributed by atoms with E-state index in [2.05, 4.69) is 6.58 Å². The number of fused-ring (bicyclic) bond motifs is 4. The highest BCUT2D eigenvalue weighted by molar-refractivity contribution is 6.26. The molecule has 3 aliphatic carbocycles. The average molecular weight is 457 g/mol. The van der Waals surface area contributed by atoms with E-state index in [1.165, 1.54) is 20.1 Å². The molecule has 0 aromatic rings. The summed E-state index contributed by atoms with van der Waals surface area (Å²) in [5.41, 5.74) is -6.39. The largest absolute Gasteiger partial charge is 0.468 e. The van der Waals surface area contributed by atoms with E-state index in [9.17, 15) is 24.3 Å². The van der Waals surface area contributed by atoms with Crippen LogP contribution in [0.2, 0.25) is 0 Å². The number of esters is 2. The molecule has 2 fully saturated rings. The predicted molar refractivity (Wildman–Crippen MR) is 119 cm³/mol. The van der Waals surface area contributed by atoms with Gasteiger partial charge in [0.05, 0.1) is 12.5 Å². The molecule has 1 spiro atoms. The minimum absolute atomic E-state index is 0.184. The van der Waals surface area contributed by atoms with Crippen molar-refractivity contribution in [3.63, 3.8) is 0 Å². The van der Waals surface area contributed by atoms with Gasteiger partial charge in [-0.1, -0.05) is 30.7 Å². The standard InChI is InChI=1S/C26H32O7/c1-14-16-13-22(5)15(2)26(20(30)32-8,19(29)24(7,31)18(22)28)23(16,6)11-12-25(14)10-9-17(27)33-21(25,3)4/h9-10,31H,2,11-13H2,1,3-8H3. The fourth-order valence-electron chi connectivity index (χ4n) is 7.37. The van der Waals surface area contributed by atoms with Crippen LogP contribution >= 0.6 is 0 Å². The Kier molecular flexibility index (Phi) is 4.52. The van der Waals surface area contributed by atoms with Crippen molar-refractivity contribution in [2.75, 3.05) is 7.11 Å². The van der Waals surface area contributed by atoms with Gasteiger partial charge in [0.25, 0.3) is 0 Å². The number of Topliss-reactive ketones (excluding diaryl/α,β-unsaturated/α-hetero) is 2. The zero-order valence-corrected chi connectivity index (χ0v) is 20.4. The van der Waals surface area contributed by atoms with E-state index in [0.29, 0.717) is 12.8 Å². The van der Waals surface area contributed by atoms with E-state index in [1.54, 1.807) is 6.92 Å². The van der Waals surface area contributed by atoms with Crippen LogP contribution in [0.5, 0.6) is 0 Å². The van der Waals surface area contributed by atoms with Crippen LogP contribution in [0.25, 0.3) is 0 Å². The summed E-state index contributed by atoms with van der Waals surface area (Å²) in [6, 6.07) is 0. The highest BCUT2D eigenvalue weighted by atomic mass is 16.6. The topological polar surface area (TPSA) is 107 Å². The smallest absolute Gasteiger partial charge is 0.331 e. The molecule has 33 heavy (non-hydrogen) atoms. The molecule has 1 aliphatic heterocycles. The Hall–Kier alpha value is -2.54. The summed E-state index contributed by atoms with van der Waals surface area (Å²) < 4.78 is 10.9. The van der Waals surface area contributed by atoms with E-state index in [4.69, 9.17) is 9.47 Å². The van der Waals surface area contributed by atoms with E-state index < -0.39 is 56.4 Å². The highest BCUT2D eigenvalue weighted by Gasteiger charge is 2.78. The lowest BCUT2D eigenvalue weighted by Crippen LogP contribution is -2.74. The van der Waals surface area contributed by atoms with Crippen molar-refractivity contribution in [2.45, 2.75) is 72.0 Å². The van der Waals surface area contributed by atoms with Gasteiger partial charge in [0.2, 0.25) is 0 Å². The second-order valence-corrected chi connectivity index (χ2v) is 11.1. The minimum atomic E-state index is -2.35. The molecule has 7 heteroatoms. The predicted octanol–water partition coefficient (Wildman–Crippen LogP) is 3.01. The number of hydrogen-bond acceptors (Lipinski definition) is 7. The molecule has 1 N–H and O–H groups in total. The number of ketones is 2. The summed E-state index contributed by atoms with van der Waals surface area (Å²) >= 11 is 0. The van der Waals surface area contributed by atoms with E-state index in [-0.39, 0.29) is 12.0 Å². The Morgan fingerprint density at radius 3 is 2.24 bits per heavy atom. The van der Waals surface area contributed by atoms with E-state index >= 15 is 0 Å². The van der Waals surface area contributed by atoms with Crippen LogP contribution in [0.3, 0.4) is 0 Å². The molecule has 0 saturated heterocycles. The molecule has 0 aromatic carbocycles. The number of carbonyl (C=O) groups excluding carboxylic acids is 4. The lowest BCUT2D eigenvalue weighted by Gasteiger charge is -2.65. The van der Waals surface area contributed by atoms with Crippen molar-refractivity contribution < 1.29 is 33.8 Å². The molecule has 178 valence electrons. The van der Waals surface area contributed by atoms with Gasteiger partial charge >= 0.3 is 11.9 Å². The molecule has 5 unspecified atom stereocenters. The molecular formula is C26H32O7. The third-order valence-corrected chi connectivity index (χ3v) is 9.44. The number of allylic oxidation sites excluding steroid dienone is 1. The Bertz CT molecular complexity index is 1100. The molecule has 2 bridgehead atoms. The monoisotopic (exact) mass is 456 g/mol. The maximum atomic E-state index is 13.9. The van der Waals surface area contributed by atoms with Crippen molar-refractivity contribution in [3.05, 3.63) is 35.5 Å². The van der Waals surface area contributed by atoms with Crippen molar-refractivity contribution in [1.82, 2.24) is 0 Å². The molecular weight excluding hydrogens is 424 g/mol. The van der Waals surface area contributed by atoms with Gasteiger partial charge in [0.15, 0.2) is 22.6 Å². The number of carbonyl (C=O) groups is 4. The van der Waals surface area contributed by atoms with Crippen LogP contribution in [0.1, 0.15) is 60.8 Å². The Morgan fingerprint density at radius 1 is 1.09 bits per heavy atom. The van der Waals surface area contributed by atoms with E-state index in [0.717, 1.165) is 11.1 Å². The Morgan fingerprint density at radius 2 is 1.70 bits per heavy atom. The van der Waals surface area contributed by atoms with Crippen molar-refractivity contribution in [3.8, 4) is 0 Å². The summed E-state index contributed by atoms with van der Waals surface area (Å²) in [5, 5.41) is 11.1. The van der Waals surface area contributed by atoms with Crippen LogP contribution in [0.4, 0.5) is 0 Å². The first-order valence-corrected chi connectivity index (χ1v) is 11.2. The molecule has 2 saturated carbocycles. The second-order valence-electron chi connectivity index (χ2n) is 11.1. The summed E-state index contributed by atoms with van der Waals surface area (Å²) in [6.07, 6.45) is 4.33. The summed E-state index contributed by atoms with van der Waals surface area (Å²) in [7, 11) is 1.20. The van der Waals surface area contributed by atoms with Crippen LogP contribution in [0.15, 0.2) is 35.5 Å². The highest BCUT2D eigenvalue weighted by Crippen LogP contribution is 2.72. The van der Waals surface area contributed by atoms with E-state index in [1.807, 2.05) is 33.8 Å². The minimum Gasteiger partial charge on any atom is -0.468 e. The zero-order chi connectivity index (χ0) is 25.0. The van der Waals surface area contributed by atoms with Gasteiger partial charge in [-0.3, -0.25) is 14.4 Å². The zero-order valence-electron chi connectivity index (χ0n) is 20.4. The number of methoxy groups -OCH3 is 1. The van der Waals surface area contributed by atoms with Gasteiger partial charge in [0, 0.05) is 16.9 Å². The fourth-order valence-corrected chi connectivity index (χ4v) is 7.37. The van der Waals surface area contributed by atoms with Crippen molar-refractivity contribution in [2.24, 2.45) is 21.7 Å². The third-order valence-electron chi connectivity index (χ3n) is 9.44. The molecule has 4 aliphatic rings. The molecule has 4 rings (SSSR count). The molecule has 0 aromatic heterocycles. The maximum Gasteiger partial charge on any atom is 0.331 e. The second kappa shape index (κ2) is 6.32. The third kappa shape index (κ3) is 2.29. The molecule has 5 atom stereocenters. The summed E-state index contributed by atoms with van der Waals surface area (Å²) in [5.74, 6) is -2.80. The molecule has 1 heterocycles. The number of ether oxygens (including phenoxy) is 2. The van der Waals surface area contributed by atoms with Gasteiger partial charge in [-0.05, 0) is 59.5 Å². The van der Waals surface area contributed by atoms with Crippen LogP contribution in [-0.4, -0.2) is 46.9 Å². The molecule has 0 radical (unpaired) electrons. The Balaban J connectivity index is 2.11. The maximum absolute atomic E-state index is 13.9. The number of hydrogen-bond donors (Lipinski definition) is 1. The number of cyclic esters (lactones) is 1. The summed E-state index contributed by atoms with van der Waals surface area (Å²) in [4.78, 5) is 53.0. The summed E-state index contributed by atoms with van der Waals surface area (Å²) in [6.45, 7) is 14.4. The van der Waals surface area contributed by atoms with Crippen molar-refractivity contribution >= 4 is 23.5 Å². The average Bonchev–Trinajstić information content (AvgIpc) is 2.73. The van der Waals surface area contributed by atoms with Gasteiger partial charge in [-0.2, -0.15) is 0 Å². The number of rotatable bonds is 1. The quantitative estimate of drug-likeness (QED) is 0.367. The number of aliphatic hydroxyl groups is 1. The van der Waals surface area contributed by atoms with Crippen molar-refractivity contribution in [1.29, 1.82) is 0 Å². The van der Waals surface area contributed by atoms with Crippen LogP contribution in [-0.2, 0) is 28.7 Å². The van der Waals surface area contributed by atoms with Gasteiger partial charge < -0.3 is 14.6 Å². The molecule has 0 amide bonds.